The van der Waals surface area contributed by atoms with E-state index in [0.717, 1.165) is 18.9 Å². The van der Waals surface area contributed by atoms with Gasteiger partial charge in [-0.1, -0.05) is 12.1 Å². The third-order valence-corrected chi connectivity index (χ3v) is 3.68. The van der Waals surface area contributed by atoms with Crippen molar-refractivity contribution in [3.05, 3.63) is 29.8 Å². The van der Waals surface area contributed by atoms with Crippen LogP contribution in [0.3, 0.4) is 0 Å². The predicted octanol–water partition coefficient (Wildman–Crippen LogP) is 3.48. The second-order valence-corrected chi connectivity index (χ2v) is 5.24. The SMILES string of the molecule is CC1CCC(c2noc(-c3ccc(O)cc3F)n2)C1. The van der Waals surface area contributed by atoms with Gasteiger partial charge in [0.1, 0.15) is 11.6 Å². The third-order valence-electron chi connectivity index (χ3n) is 3.68. The first kappa shape index (κ1) is 12.1. The summed E-state index contributed by atoms with van der Waals surface area (Å²) in [5.41, 5.74) is 0.225. The summed E-state index contributed by atoms with van der Waals surface area (Å²) in [5.74, 6) is 1.14. The molecule has 0 spiro atoms. The highest BCUT2D eigenvalue weighted by atomic mass is 19.1. The Morgan fingerprint density at radius 1 is 1.37 bits per heavy atom. The minimum Gasteiger partial charge on any atom is -0.508 e. The van der Waals surface area contributed by atoms with E-state index in [4.69, 9.17) is 4.52 Å². The lowest BCUT2D eigenvalue weighted by Crippen LogP contribution is -1.96. The number of phenols is 1. The van der Waals surface area contributed by atoms with Crippen LogP contribution in [0.25, 0.3) is 11.5 Å². The maximum absolute atomic E-state index is 13.7. The molecular formula is C14H15FN2O2. The zero-order chi connectivity index (χ0) is 13.4. The molecule has 19 heavy (non-hydrogen) atoms. The number of nitrogens with zero attached hydrogens (tertiary/aromatic N) is 2. The Bertz CT molecular complexity index is 597. The Morgan fingerprint density at radius 2 is 2.21 bits per heavy atom. The molecule has 0 saturated heterocycles. The monoisotopic (exact) mass is 262 g/mol. The summed E-state index contributed by atoms with van der Waals surface area (Å²) in [6.45, 7) is 2.21. The van der Waals surface area contributed by atoms with Crippen LogP contribution >= 0.6 is 0 Å². The average Bonchev–Trinajstić information content (AvgIpc) is 2.97. The summed E-state index contributed by atoms with van der Waals surface area (Å²) in [6, 6.07) is 3.88. The van der Waals surface area contributed by atoms with Crippen LogP contribution < -0.4 is 0 Å². The lowest BCUT2D eigenvalue weighted by Gasteiger charge is -2.01. The molecule has 5 heteroatoms. The fourth-order valence-corrected chi connectivity index (χ4v) is 2.63. The fraction of sp³-hybridized carbons (Fsp3) is 0.429. The van der Waals surface area contributed by atoms with E-state index in [0.29, 0.717) is 17.7 Å². The Morgan fingerprint density at radius 3 is 2.89 bits per heavy atom. The van der Waals surface area contributed by atoms with Crippen LogP contribution in [0.1, 0.15) is 37.9 Å². The molecule has 2 aromatic rings. The number of halogens is 1. The smallest absolute Gasteiger partial charge is 0.260 e. The molecule has 1 aliphatic rings. The van der Waals surface area contributed by atoms with Gasteiger partial charge >= 0.3 is 0 Å². The first-order valence-corrected chi connectivity index (χ1v) is 6.46. The number of aromatic nitrogens is 2. The van der Waals surface area contributed by atoms with Crippen molar-refractivity contribution in [3.63, 3.8) is 0 Å². The summed E-state index contributed by atoms with van der Waals surface area (Å²) < 4.78 is 18.8. The molecule has 1 fully saturated rings. The first-order valence-electron chi connectivity index (χ1n) is 6.46. The molecule has 0 radical (unpaired) electrons. The Kier molecular flexibility index (Phi) is 2.97. The number of hydrogen-bond donors (Lipinski definition) is 1. The average molecular weight is 262 g/mol. The lowest BCUT2D eigenvalue weighted by molar-refractivity contribution is 0.412. The van der Waals surface area contributed by atoms with Gasteiger partial charge in [0.05, 0.1) is 5.56 Å². The summed E-state index contributed by atoms with van der Waals surface area (Å²) >= 11 is 0. The molecule has 1 heterocycles. The number of benzene rings is 1. The van der Waals surface area contributed by atoms with Crippen LogP contribution in [0.2, 0.25) is 0 Å². The highest BCUT2D eigenvalue weighted by molar-refractivity contribution is 5.55. The Balaban J connectivity index is 1.88. The van der Waals surface area contributed by atoms with Crippen LogP contribution in [0.15, 0.2) is 22.7 Å². The zero-order valence-electron chi connectivity index (χ0n) is 10.6. The van der Waals surface area contributed by atoms with Crippen LogP contribution in [0.5, 0.6) is 5.75 Å². The number of aromatic hydroxyl groups is 1. The molecule has 1 aliphatic carbocycles. The second-order valence-electron chi connectivity index (χ2n) is 5.24. The summed E-state index contributed by atoms with van der Waals surface area (Å²) in [7, 11) is 0. The molecule has 1 aromatic heterocycles. The van der Waals surface area contributed by atoms with Crippen molar-refractivity contribution >= 4 is 0 Å². The van der Waals surface area contributed by atoms with Gasteiger partial charge in [0, 0.05) is 12.0 Å². The molecule has 4 nitrogen and oxygen atoms in total. The van der Waals surface area contributed by atoms with Crippen LogP contribution in [0, 0.1) is 11.7 Å². The van der Waals surface area contributed by atoms with Crippen molar-refractivity contribution < 1.29 is 14.0 Å². The van der Waals surface area contributed by atoms with E-state index in [9.17, 15) is 9.50 Å². The summed E-state index contributed by atoms with van der Waals surface area (Å²) in [4.78, 5) is 4.29. The maximum atomic E-state index is 13.7. The van der Waals surface area contributed by atoms with E-state index in [2.05, 4.69) is 17.1 Å². The van der Waals surface area contributed by atoms with Gasteiger partial charge in [0.25, 0.3) is 5.89 Å². The Hall–Kier alpha value is -1.91. The molecule has 3 rings (SSSR count). The van der Waals surface area contributed by atoms with Crippen molar-refractivity contribution in [3.8, 4) is 17.2 Å². The van der Waals surface area contributed by atoms with Gasteiger partial charge in [-0.25, -0.2) is 4.39 Å². The number of rotatable bonds is 2. The minimum atomic E-state index is -0.560. The van der Waals surface area contributed by atoms with E-state index in [1.165, 1.54) is 18.6 Å². The molecule has 100 valence electrons. The lowest BCUT2D eigenvalue weighted by atomic mass is 10.1. The van der Waals surface area contributed by atoms with Crippen LogP contribution in [0.4, 0.5) is 4.39 Å². The normalized spacial score (nSPS) is 22.8. The summed E-state index contributed by atoms with van der Waals surface area (Å²) in [5, 5.41) is 13.1. The van der Waals surface area contributed by atoms with Crippen molar-refractivity contribution in [2.24, 2.45) is 5.92 Å². The fourth-order valence-electron chi connectivity index (χ4n) is 2.63. The van der Waals surface area contributed by atoms with Gasteiger partial charge in [-0.15, -0.1) is 0 Å². The topological polar surface area (TPSA) is 59.2 Å². The molecular weight excluding hydrogens is 247 g/mol. The molecule has 2 unspecified atom stereocenters. The van der Waals surface area contributed by atoms with Crippen molar-refractivity contribution in [2.45, 2.75) is 32.1 Å². The largest absolute Gasteiger partial charge is 0.508 e. The predicted molar refractivity (Wildman–Crippen MR) is 67.1 cm³/mol. The summed E-state index contributed by atoms with van der Waals surface area (Å²) in [6.07, 6.45) is 3.28. The van der Waals surface area contributed by atoms with E-state index in [1.807, 2.05) is 0 Å². The van der Waals surface area contributed by atoms with Gasteiger partial charge in [0.2, 0.25) is 0 Å². The van der Waals surface area contributed by atoms with Crippen molar-refractivity contribution in [1.82, 2.24) is 10.1 Å². The van der Waals surface area contributed by atoms with E-state index >= 15 is 0 Å². The molecule has 0 aliphatic heterocycles. The molecule has 1 N–H and O–H groups in total. The molecule has 0 amide bonds. The van der Waals surface area contributed by atoms with Crippen molar-refractivity contribution in [1.29, 1.82) is 0 Å². The van der Waals surface area contributed by atoms with Gasteiger partial charge in [-0.3, -0.25) is 0 Å². The highest BCUT2D eigenvalue weighted by Crippen LogP contribution is 2.37. The molecule has 1 aromatic carbocycles. The second kappa shape index (κ2) is 4.64. The van der Waals surface area contributed by atoms with Gasteiger partial charge in [0.15, 0.2) is 5.82 Å². The van der Waals surface area contributed by atoms with Gasteiger partial charge < -0.3 is 9.63 Å². The van der Waals surface area contributed by atoms with Crippen LogP contribution in [-0.2, 0) is 0 Å². The van der Waals surface area contributed by atoms with Gasteiger partial charge in [-0.2, -0.15) is 4.98 Å². The standard InChI is InChI=1S/C14H15FN2O2/c1-8-2-3-9(6-8)13-16-14(19-17-13)11-5-4-10(18)7-12(11)15/h4-5,7-9,18H,2-3,6H2,1H3. The maximum Gasteiger partial charge on any atom is 0.260 e. The molecule has 2 atom stereocenters. The Labute approximate surface area is 110 Å². The highest BCUT2D eigenvalue weighted by Gasteiger charge is 2.27. The molecule has 1 saturated carbocycles. The van der Waals surface area contributed by atoms with E-state index in [-0.39, 0.29) is 17.2 Å². The first-order chi connectivity index (χ1) is 9.13. The van der Waals surface area contributed by atoms with Crippen molar-refractivity contribution in [2.75, 3.05) is 0 Å². The minimum absolute atomic E-state index is 0.120. The zero-order valence-corrected chi connectivity index (χ0v) is 10.6. The van der Waals surface area contributed by atoms with E-state index < -0.39 is 5.82 Å². The van der Waals surface area contributed by atoms with E-state index in [1.54, 1.807) is 0 Å². The van der Waals surface area contributed by atoms with Crippen LogP contribution in [-0.4, -0.2) is 15.2 Å². The number of hydrogen-bond acceptors (Lipinski definition) is 4. The quantitative estimate of drug-likeness (QED) is 0.900. The number of phenolic OH excluding ortho intramolecular Hbond substituents is 1. The van der Waals surface area contributed by atoms with Gasteiger partial charge in [-0.05, 0) is 37.3 Å². The third kappa shape index (κ3) is 2.32. The molecule has 0 bridgehead atoms.